The lowest BCUT2D eigenvalue weighted by atomic mass is 10.8. The predicted octanol–water partition coefficient (Wildman–Crippen LogP) is 2.62. The van der Waals surface area contributed by atoms with Crippen LogP contribution in [0.3, 0.4) is 0 Å². The van der Waals surface area contributed by atoms with Gasteiger partial charge in [-0.2, -0.15) is 0 Å². The maximum absolute atomic E-state index is 4.38. The van der Waals surface area contributed by atoms with E-state index in [1.54, 1.807) is 0 Å². The number of rotatable bonds is 2. The molecule has 0 aromatic heterocycles. The monoisotopic (exact) mass is 250 g/mol. The van der Waals surface area contributed by atoms with E-state index in [-0.39, 0.29) is 0 Å². The van der Waals surface area contributed by atoms with Crippen molar-refractivity contribution in [3.05, 3.63) is 0 Å². The lowest BCUT2D eigenvalue weighted by molar-refractivity contribution is 1.18. The van der Waals surface area contributed by atoms with Gasteiger partial charge in [0, 0.05) is 11.5 Å². The van der Waals surface area contributed by atoms with Gasteiger partial charge in [-0.15, -0.1) is 0 Å². The molecule has 0 fully saturated rings. The van der Waals surface area contributed by atoms with E-state index in [2.05, 4.69) is 9.98 Å². The minimum absolute atomic E-state index is 1.01. The Morgan fingerprint density at radius 3 is 1.92 bits per heavy atom. The zero-order chi connectivity index (χ0) is 8.93. The minimum Gasteiger partial charge on any atom is -0.271 e. The highest BCUT2D eigenvalue weighted by Crippen LogP contribution is 2.29. The molecule has 2 nitrogen and oxygen atoms in total. The third-order valence-electron chi connectivity index (χ3n) is 1.48. The van der Waals surface area contributed by atoms with Crippen molar-refractivity contribution in [2.45, 2.75) is 0 Å². The summed E-state index contributed by atoms with van der Waals surface area (Å²) in [4.78, 5) is 8.76. The van der Waals surface area contributed by atoms with Gasteiger partial charge in [0.25, 0.3) is 0 Å². The Bertz CT molecular complexity index is 215. The minimum atomic E-state index is 1.01. The van der Waals surface area contributed by atoms with Crippen LogP contribution in [-0.2, 0) is 0 Å². The van der Waals surface area contributed by atoms with Gasteiger partial charge in [0.2, 0.25) is 0 Å². The molecule has 0 amide bonds. The molecule has 0 radical (unpaired) electrons. The summed E-state index contributed by atoms with van der Waals surface area (Å²) in [7, 11) is 0. The molecular weight excluding hydrogens is 240 g/mol. The summed E-state index contributed by atoms with van der Waals surface area (Å²) < 4.78 is 2.52. The maximum Gasteiger partial charge on any atom is 0.125 e. The number of hydrogen-bond donors (Lipinski definition) is 0. The molecular formula is C7H10N2S4. The smallest absolute Gasteiger partial charge is 0.125 e. The highest BCUT2D eigenvalue weighted by Gasteiger charge is 2.10. The lowest BCUT2D eigenvalue weighted by Crippen LogP contribution is -1.84. The molecule has 0 atom stereocenters. The van der Waals surface area contributed by atoms with Crippen molar-refractivity contribution >= 4 is 55.8 Å². The fourth-order valence-electron chi connectivity index (χ4n) is 0.936. The molecule has 0 saturated heterocycles. The van der Waals surface area contributed by atoms with Gasteiger partial charge in [0.15, 0.2) is 0 Å². The third-order valence-corrected chi connectivity index (χ3v) is 6.11. The van der Waals surface area contributed by atoms with E-state index in [4.69, 9.17) is 0 Å². The zero-order valence-corrected chi connectivity index (χ0v) is 10.3. The first-order chi connectivity index (χ1) is 6.45. The highest BCUT2D eigenvalue weighted by molar-refractivity contribution is 8.47. The van der Waals surface area contributed by atoms with E-state index in [1.165, 1.54) is 20.3 Å². The van der Waals surface area contributed by atoms with Gasteiger partial charge in [-0.25, -0.2) is 0 Å². The van der Waals surface area contributed by atoms with Gasteiger partial charge >= 0.3 is 0 Å². The Kier molecular flexibility index (Phi) is 4.41. The van der Waals surface area contributed by atoms with Gasteiger partial charge in [-0.3, -0.25) is 9.98 Å². The number of aliphatic imine (C=N–C) groups is 2. The van der Waals surface area contributed by atoms with E-state index in [9.17, 15) is 0 Å². The van der Waals surface area contributed by atoms with E-state index in [0.29, 0.717) is 0 Å². The average molecular weight is 250 g/mol. The van der Waals surface area contributed by atoms with Crippen molar-refractivity contribution in [2.75, 3.05) is 29.7 Å². The van der Waals surface area contributed by atoms with E-state index in [1.807, 2.05) is 47.0 Å². The van der Waals surface area contributed by atoms with Crippen LogP contribution in [0.4, 0.5) is 0 Å². The van der Waals surface area contributed by atoms with Crippen LogP contribution in [0.1, 0.15) is 0 Å². The summed E-state index contributed by atoms with van der Waals surface area (Å²) in [5.74, 6) is 2.34. The molecule has 0 saturated carbocycles. The molecule has 0 unspecified atom stereocenters. The summed E-state index contributed by atoms with van der Waals surface area (Å²) in [6.45, 7) is 2.01. The van der Waals surface area contributed by atoms with Crippen molar-refractivity contribution < 1.29 is 0 Å². The molecule has 0 N–H and O–H groups in total. The van der Waals surface area contributed by atoms with Crippen LogP contribution >= 0.6 is 47.0 Å². The maximum atomic E-state index is 4.38. The molecule has 0 aromatic carbocycles. The van der Waals surface area contributed by atoms with Crippen molar-refractivity contribution in [2.24, 2.45) is 9.98 Å². The topological polar surface area (TPSA) is 24.7 Å². The third kappa shape index (κ3) is 3.42. The Morgan fingerprint density at radius 1 is 1.00 bits per heavy atom. The van der Waals surface area contributed by atoms with Crippen LogP contribution in [-0.4, -0.2) is 38.4 Å². The molecule has 72 valence electrons. The van der Waals surface area contributed by atoms with E-state index in [0.717, 1.165) is 18.2 Å². The first-order valence-electron chi connectivity index (χ1n) is 4.05. The van der Waals surface area contributed by atoms with Gasteiger partial charge in [-0.05, 0) is 0 Å². The second-order valence-corrected chi connectivity index (χ2v) is 7.38. The fourth-order valence-corrected chi connectivity index (χ4v) is 5.46. The summed E-state index contributed by atoms with van der Waals surface area (Å²) in [6.07, 6.45) is 0. The Morgan fingerprint density at radius 2 is 1.54 bits per heavy atom. The molecule has 2 aliphatic rings. The Labute approximate surface area is 95.2 Å². The molecule has 0 aromatic rings. The van der Waals surface area contributed by atoms with Crippen molar-refractivity contribution in [1.29, 1.82) is 0 Å². The van der Waals surface area contributed by atoms with E-state index < -0.39 is 0 Å². The quantitative estimate of drug-likeness (QED) is 0.703. The van der Waals surface area contributed by atoms with Crippen molar-refractivity contribution in [1.82, 2.24) is 0 Å². The standard InChI is InChI=1S/C7H10N2S4/c1-3-10-6(8-1)12-5-13-7-9-2-4-11-7/h1-5H2. The van der Waals surface area contributed by atoms with Crippen LogP contribution in [0.25, 0.3) is 0 Å². The largest absolute Gasteiger partial charge is 0.271 e. The molecule has 13 heavy (non-hydrogen) atoms. The van der Waals surface area contributed by atoms with Crippen molar-refractivity contribution in [3.8, 4) is 0 Å². The van der Waals surface area contributed by atoms with Crippen molar-refractivity contribution in [3.63, 3.8) is 0 Å². The van der Waals surface area contributed by atoms with Crippen LogP contribution in [0.15, 0.2) is 9.98 Å². The predicted molar refractivity (Wildman–Crippen MR) is 69.6 cm³/mol. The average Bonchev–Trinajstić information content (AvgIpc) is 2.75. The number of hydrogen-bond acceptors (Lipinski definition) is 6. The summed E-state index contributed by atoms with van der Waals surface area (Å²) in [5.41, 5.74) is 0. The van der Waals surface area contributed by atoms with Crippen LogP contribution < -0.4 is 0 Å². The summed E-state index contributed by atoms with van der Waals surface area (Å²) in [5, 5.41) is 1.07. The molecule has 0 spiro atoms. The Balaban J connectivity index is 1.63. The number of thioether (sulfide) groups is 4. The number of nitrogens with zero attached hydrogens (tertiary/aromatic N) is 2. The van der Waals surface area contributed by atoms with Crippen LogP contribution in [0, 0.1) is 0 Å². The fraction of sp³-hybridized carbons (Fsp3) is 0.714. The molecule has 0 aliphatic carbocycles. The van der Waals surface area contributed by atoms with Gasteiger partial charge in [0.05, 0.1) is 18.2 Å². The molecule has 2 aliphatic heterocycles. The van der Waals surface area contributed by atoms with Crippen LogP contribution in [0.2, 0.25) is 0 Å². The van der Waals surface area contributed by atoms with Crippen LogP contribution in [0.5, 0.6) is 0 Å². The molecule has 6 heteroatoms. The second kappa shape index (κ2) is 5.58. The van der Waals surface area contributed by atoms with Gasteiger partial charge in [-0.1, -0.05) is 47.0 Å². The summed E-state index contributed by atoms with van der Waals surface area (Å²) in [6, 6.07) is 0. The first kappa shape index (κ1) is 10.3. The SMILES string of the molecule is C1CSC(SCSC2=NCCS2)=N1. The summed E-state index contributed by atoms with van der Waals surface area (Å²) >= 11 is 7.46. The first-order valence-corrected chi connectivity index (χ1v) is 7.99. The Hall–Kier alpha value is 0.740. The lowest BCUT2D eigenvalue weighted by Gasteiger charge is -1.98. The molecule has 2 rings (SSSR count). The highest BCUT2D eigenvalue weighted by atomic mass is 32.2. The van der Waals surface area contributed by atoms with E-state index >= 15 is 0 Å². The molecule has 2 heterocycles. The van der Waals surface area contributed by atoms with Gasteiger partial charge < -0.3 is 0 Å². The zero-order valence-electron chi connectivity index (χ0n) is 7.06. The molecule has 0 bridgehead atoms. The van der Waals surface area contributed by atoms with Gasteiger partial charge in [0.1, 0.15) is 8.75 Å². The second-order valence-electron chi connectivity index (χ2n) is 2.40. The normalized spacial score (nSPS) is 21.8.